The van der Waals surface area contributed by atoms with Crippen molar-refractivity contribution in [2.45, 2.75) is 6.18 Å². The van der Waals surface area contributed by atoms with Crippen LogP contribution in [0.3, 0.4) is 0 Å². The predicted molar refractivity (Wildman–Crippen MR) is 57.7 cm³/mol. The first-order valence-electron chi connectivity index (χ1n) is 5.20. The molecule has 0 bridgehead atoms. The highest BCUT2D eigenvalue weighted by atomic mass is 19.4. The Labute approximate surface area is 113 Å². The molecule has 0 fully saturated rings. The van der Waals surface area contributed by atoms with E-state index in [1.807, 2.05) is 0 Å². The number of hydrogen-bond donors (Lipinski definition) is 3. The Balaban J connectivity index is 3.07. The minimum absolute atomic E-state index is 0.0966. The van der Waals surface area contributed by atoms with E-state index in [1.54, 1.807) is 5.32 Å². The SMILES string of the molecule is N/C(=N/O)C(CNc1c(F)c(F)cc(F)c1F)C(F)(F)F. The van der Waals surface area contributed by atoms with Crippen LogP contribution in [0.4, 0.5) is 36.4 Å². The standard InChI is InChI=1S/C10H8F7N3O/c11-4-1-5(12)7(14)8(6(4)13)19-2-3(9(18)20-21)10(15,16)17/h1,3,19,21H,2H2,(H2,18,20). The van der Waals surface area contributed by atoms with Crippen LogP contribution in [0.2, 0.25) is 0 Å². The third-order valence-corrected chi connectivity index (χ3v) is 2.46. The normalized spacial score (nSPS) is 14.1. The van der Waals surface area contributed by atoms with Gasteiger partial charge in [0, 0.05) is 12.6 Å². The lowest BCUT2D eigenvalue weighted by atomic mass is 10.1. The third-order valence-electron chi connectivity index (χ3n) is 2.46. The van der Waals surface area contributed by atoms with Gasteiger partial charge in [-0.2, -0.15) is 13.2 Å². The Hall–Kier alpha value is -2.20. The van der Waals surface area contributed by atoms with Gasteiger partial charge in [0.25, 0.3) is 0 Å². The Bertz CT molecular complexity index is 532. The van der Waals surface area contributed by atoms with Gasteiger partial charge in [-0.15, -0.1) is 0 Å². The van der Waals surface area contributed by atoms with E-state index in [4.69, 9.17) is 10.9 Å². The van der Waals surface area contributed by atoms with Gasteiger partial charge in [0.1, 0.15) is 11.6 Å². The van der Waals surface area contributed by atoms with E-state index in [9.17, 15) is 30.7 Å². The predicted octanol–water partition coefficient (Wildman–Crippen LogP) is 2.58. The molecule has 4 N–H and O–H groups in total. The molecule has 1 aromatic rings. The molecule has 1 atom stereocenters. The van der Waals surface area contributed by atoms with Crippen molar-refractivity contribution in [1.29, 1.82) is 0 Å². The fraction of sp³-hybridized carbons (Fsp3) is 0.300. The Morgan fingerprint density at radius 3 is 2.05 bits per heavy atom. The smallest absolute Gasteiger partial charge is 0.400 e. The summed E-state index contributed by atoms with van der Waals surface area (Å²) in [5.74, 6) is -11.3. The van der Waals surface area contributed by atoms with Gasteiger partial charge in [0.15, 0.2) is 29.1 Å². The summed E-state index contributed by atoms with van der Waals surface area (Å²) in [7, 11) is 0. The molecule has 0 amide bonds. The molecule has 1 aromatic carbocycles. The number of nitrogens with zero attached hydrogens (tertiary/aromatic N) is 1. The molecular formula is C10H8F7N3O. The highest BCUT2D eigenvalue weighted by molar-refractivity contribution is 5.83. The average Bonchev–Trinajstić information content (AvgIpc) is 2.38. The molecule has 0 aromatic heterocycles. The molecule has 1 unspecified atom stereocenters. The summed E-state index contributed by atoms with van der Waals surface area (Å²) in [5, 5.41) is 11.9. The fourth-order valence-corrected chi connectivity index (χ4v) is 1.39. The fourth-order valence-electron chi connectivity index (χ4n) is 1.39. The van der Waals surface area contributed by atoms with Crippen molar-refractivity contribution in [2.24, 2.45) is 16.8 Å². The van der Waals surface area contributed by atoms with Gasteiger partial charge in [0.05, 0.1) is 0 Å². The molecule has 0 heterocycles. The van der Waals surface area contributed by atoms with E-state index >= 15 is 0 Å². The largest absolute Gasteiger partial charge is 0.409 e. The van der Waals surface area contributed by atoms with Gasteiger partial charge < -0.3 is 16.3 Å². The molecule has 0 saturated carbocycles. The summed E-state index contributed by atoms with van der Waals surface area (Å²) in [6.07, 6.45) is -5.01. The van der Waals surface area contributed by atoms with Crippen LogP contribution in [0.15, 0.2) is 11.2 Å². The van der Waals surface area contributed by atoms with E-state index in [0.29, 0.717) is 0 Å². The zero-order valence-electron chi connectivity index (χ0n) is 9.98. The molecule has 0 radical (unpaired) electrons. The average molecular weight is 319 g/mol. The van der Waals surface area contributed by atoms with Gasteiger partial charge in [-0.1, -0.05) is 5.16 Å². The van der Waals surface area contributed by atoms with Crippen molar-refractivity contribution in [2.75, 3.05) is 11.9 Å². The summed E-state index contributed by atoms with van der Waals surface area (Å²) in [4.78, 5) is 0. The molecule has 118 valence electrons. The van der Waals surface area contributed by atoms with Gasteiger partial charge in [-0.3, -0.25) is 0 Å². The molecule has 0 saturated heterocycles. The molecule has 0 aliphatic rings. The zero-order chi connectivity index (χ0) is 16.4. The van der Waals surface area contributed by atoms with E-state index in [1.165, 1.54) is 0 Å². The van der Waals surface area contributed by atoms with Crippen molar-refractivity contribution < 1.29 is 35.9 Å². The van der Waals surface area contributed by atoms with Crippen LogP contribution in [0.25, 0.3) is 0 Å². The first-order chi connectivity index (χ1) is 9.59. The van der Waals surface area contributed by atoms with Crippen LogP contribution in [-0.4, -0.2) is 23.8 Å². The van der Waals surface area contributed by atoms with Crippen molar-refractivity contribution in [3.8, 4) is 0 Å². The lowest BCUT2D eigenvalue weighted by Crippen LogP contribution is -2.40. The van der Waals surface area contributed by atoms with Crippen LogP contribution in [0, 0.1) is 29.2 Å². The maximum absolute atomic E-state index is 13.2. The summed E-state index contributed by atoms with van der Waals surface area (Å²) >= 11 is 0. The van der Waals surface area contributed by atoms with Gasteiger partial charge >= 0.3 is 6.18 Å². The maximum Gasteiger partial charge on any atom is 0.400 e. The zero-order valence-corrected chi connectivity index (χ0v) is 9.98. The van der Waals surface area contributed by atoms with Crippen molar-refractivity contribution >= 4 is 11.5 Å². The summed E-state index contributed by atoms with van der Waals surface area (Å²) < 4.78 is 89.9. The number of nitrogens with one attached hydrogen (secondary N) is 1. The molecule has 21 heavy (non-hydrogen) atoms. The first-order valence-corrected chi connectivity index (χ1v) is 5.20. The van der Waals surface area contributed by atoms with Crippen molar-refractivity contribution in [1.82, 2.24) is 0 Å². The summed E-state index contributed by atoms with van der Waals surface area (Å²) in [6.45, 7) is -1.30. The van der Waals surface area contributed by atoms with Gasteiger partial charge in [-0.25, -0.2) is 17.6 Å². The molecule has 0 aliphatic heterocycles. The van der Waals surface area contributed by atoms with Crippen LogP contribution >= 0.6 is 0 Å². The monoisotopic (exact) mass is 319 g/mol. The number of halogens is 7. The van der Waals surface area contributed by atoms with Crippen molar-refractivity contribution in [3.63, 3.8) is 0 Å². The molecular weight excluding hydrogens is 311 g/mol. The van der Waals surface area contributed by atoms with Crippen LogP contribution in [0.1, 0.15) is 0 Å². The van der Waals surface area contributed by atoms with Gasteiger partial charge in [0.2, 0.25) is 0 Å². The Morgan fingerprint density at radius 1 is 1.19 bits per heavy atom. The molecule has 0 spiro atoms. The number of anilines is 1. The molecule has 11 heteroatoms. The Kier molecular flexibility index (Phi) is 4.86. The number of benzene rings is 1. The minimum atomic E-state index is -5.01. The second-order valence-electron chi connectivity index (χ2n) is 3.84. The van der Waals surface area contributed by atoms with Gasteiger partial charge in [-0.05, 0) is 0 Å². The highest BCUT2D eigenvalue weighted by Crippen LogP contribution is 2.29. The lowest BCUT2D eigenvalue weighted by Gasteiger charge is -2.20. The topological polar surface area (TPSA) is 70.6 Å². The Morgan fingerprint density at radius 2 is 1.67 bits per heavy atom. The number of amidine groups is 1. The van der Waals surface area contributed by atoms with Crippen LogP contribution in [0.5, 0.6) is 0 Å². The minimum Gasteiger partial charge on any atom is -0.409 e. The van der Waals surface area contributed by atoms with E-state index in [2.05, 4.69) is 5.16 Å². The summed E-state index contributed by atoms with van der Waals surface area (Å²) in [6, 6.07) is -0.0966. The number of nitrogens with two attached hydrogens (primary N) is 1. The van der Waals surface area contributed by atoms with Crippen LogP contribution in [-0.2, 0) is 0 Å². The molecule has 0 aliphatic carbocycles. The van der Waals surface area contributed by atoms with Crippen molar-refractivity contribution in [3.05, 3.63) is 29.3 Å². The maximum atomic E-state index is 13.2. The molecule has 4 nitrogen and oxygen atoms in total. The van der Waals surface area contributed by atoms with E-state index in [-0.39, 0.29) is 6.07 Å². The number of hydrogen-bond acceptors (Lipinski definition) is 3. The number of rotatable bonds is 4. The van der Waals surface area contributed by atoms with Crippen LogP contribution < -0.4 is 11.1 Å². The second kappa shape index (κ2) is 6.06. The highest BCUT2D eigenvalue weighted by Gasteiger charge is 2.43. The van der Waals surface area contributed by atoms with E-state index < -0.39 is 53.4 Å². The second-order valence-corrected chi connectivity index (χ2v) is 3.84. The molecule has 1 rings (SSSR count). The first kappa shape index (κ1) is 16.9. The quantitative estimate of drug-likeness (QED) is 0.199. The lowest BCUT2D eigenvalue weighted by molar-refractivity contribution is -0.152. The van der Waals surface area contributed by atoms with E-state index in [0.717, 1.165) is 0 Å². The number of oxime groups is 1. The number of alkyl halides is 3. The summed E-state index contributed by atoms with van der Waals surface area (Å²) in [5.41, 5.74) is 3.38. The third kappa shape index (κ3) is 3.67.